The molecule has 1 aliphatic rings. The number of rotatable bonds is 4. The average molecular weight is 360 g/mol. The number of fused-ring (bicyclic) bond motifs is 1. The molecule has 124 valence electrons. The number of carbonyl (C=O) groups excluding carboxylic acids is 1. The molecule has 0 aliphatic carbocycles. The van der Waals surface area contributed by atoms with Gasteiger partial charge in [-0.2, -0.15) is 5.26 Å². The predicted molar refractivity (Wildman–Crippen MR) is 97.6 cm³/mol. The van der Waals surface area contributed by atoms with Crippen LogP contribution in [-0.2, 0) is 17.8 Å². The molecule has 0 saturated heterocycles. The molecule has 2 N–H and O–H groups in total. The summed E-state index contributed by atoms with van der Waals surface area (Å²) in [6.07, 6.45) is 1.19. The van der Waals surface area contributed by atoms with E-state index in [0.29, 0.717) is 22.0 Å². The van der Waals surface area contributed by atoms with Gasteiger partial charge in [0.05, 0.1) is 5.56 Å². The molecule has 24 heavy (non-hydrogen) atoms. The summed E-state index contributed by atoms with van der Waals surface area (Å²) >= 11 is 7.51. The van der Waals surface area contributed by atoms with Crippen LogP contribution in [0.25, 0.3) is 0 Å². The number of hydrogen-bond acceptors (Lipinski definition) is 4. The van der Waals surface area contributed by atoms with Gasteiger partial charge >= 0.3 is 0 Å². The summed E-state index contributed by atoms with van der Waals surface area (Å²) in [5.74, 6) is -0.0176. The topological polar surface area (TPSA) is 64.9 Å². The van der Waals surface area contributed by atoms with E-state index in [4.69, 9.17) is 11.6 Å². The summed E-state index contributed by atoms with van der Waals surface area (Å²) in [5.41, 5.74) is 2.74. The third-order valence-electron chi connectivity index (χ3n) is 4.20. The van der Waals surface area contributed by atoms with Crippen molar-refractivity contribution in [1.29, 1.82) is 5.26 Å². The quantitative estimate of drug-likeness (QED) is 0.865. The molecule has 6 heteroatoms. The van der Waals surface area contributed by atoms with Crippen LogP contribution in [0.2, 0.25) is 5.02 Å². The number of amides is 1. The molecule has 1 unspecified atom stereocenters. The molecule has 0 spiro atoms. The molecule has 0 fully saturated rings. The fraction of sp³-hybridized carbons (Fsp3) is 0.333. The Balaban J connectivity index is 1.71. The van der Waals surface area contributed by atoms with Gasteiger partial charge in [0, 0.05) is 22.9 Å². The third-order valence-corrected chi connectivity index (χ3v) is 5.58. The van der Waals surface area contributed by atoms with E-state index in [0.717, 1.165) is 35.5 Å². The van der Waals surface area contributed by atoms with Crippen LogP contribution in [0.3, 0.4) is 0 Å². The highest BCUT2D eigenvalue weighted by atomic mass is 35.5. The minimum atomic E-state index is -0.0782. The second-order valence-electron chi connectivity index (χ2n) is 5.95. The highest BCUT2D eigenvalue weighted by molar-refractivity contribution is 7.16. The zero-order valence-electron chi connectivity index (χ0n) is 13.4. The van der Waals surface area contributed by atoms with Gasteiger partial charge in [0.1, 0.15) is 11.1 Å². The average Bonchev–Trinajstić information content (AvgIpc) is 2.91. The maximum atomic E-state index is 12.4. The van der Waals surface area contributed by atoms with E-state index < -0.39 is 0 Å². The number of carbonyl (C=O) groups is 1. The van der Waals surface area contributed by atoms with Crippen molar-refractivity contribution in [3.8, 4) is 6.07 Å². The van der Waals surface area contributed by atoms with Gasteiger partial charge in [-0.15, -0.1) is 11.3 Å². The molecule has 2 heterocycles. The van der Waals surface area contributed by atoms with Crippen LogP contribution >= 0.6 is 22.9 Å². The number of halogens is 1. The zero-order chi connectivity index (χ0) is 17.1. The predicted octanol–water partition coefficient (Wildman–Crippen LogP) is 4.05. The maximum absolute atomic E-state index is 12.4. The molecule has 1 aliphatic heterocycles. The van der Waals surface area contributed by atoms with Gasteiger partial charge < -0.3 is 10.6 Å². The van der Waals surface area contributed by atoms with E-state index in [9.17, 15) is 10.1 Å². The number of anilines is 1. The highest BCUT2D eigenvalue weighted by Crippen LogP contribution is 2.35. The van der Waals surface area contributed by atoms with Crippen LogP contribution in [0.5, 0.6) is 0 Å². The normalized spacial score (nSPS) is 14.5. The molecule has 0 radical (unpaired) electrons. The zero-order valence-corrected chi connectivity index (χ0v) is 14.9. The van der Waals surface area contributed by atoms with E-state index >= 15 is 0 Å². The highest BCUT2D eigenvalue weighted by Gasteiger charge is 2.22. The van der Waals surface area contributed by atoms with E-state index in [1.54, 1.807) is 0 Å². The molecule has 3 rings (SSSR count). The Morgan fingerprint density at radius 1 is 1.54 bits per heavy atom. The summed E-state index contributed by atoms with van der Waals surface area (Å²) in [6, 6.07) is 9.82. The minimum absolute atomic E-state index is 0.0606. The van der Waals surface area contributed by atoms with Gasteiger partial charge in [0.25, 0.3) is 0 Å². The van der Waals surface area contributed by atoms with Gasteiger partial charge in [-0.3, -0.25) is 4.79 Å². The fourth-order valence-electron chi connectivity index (χ4n) is 2.93. The number of hydrogen-bond donors (Lipinski definition) is 2. The second-order valence-corrected chi connectivity index (χ2v) is 7.50. The van der Waals surface area contributed by atoms with E-state index in [1.807, 2.05) is 31.2 Å². The van der Waals surface area contributed by atoms with Crippen molar-refractivity contribution in [2.24, 2.45) is 0 Å². The van der Waals surface area contributed by atoms with Crippen molar-refractivity contribution in [2.75, 3.05) is 11.9 Å². The van der Waals surface area contributed by atoms with Gasteiger partial charge in [0.2, 0.25) is 5.91 Å². The largest absolute Gasteiger partial charge is 0.317 e. The number of nitrogens with one attached hydrogen (secondary N) is 2. The van der Waals surface area contributed by atoms with Gasteiger partial charge in [-0.25, -0.2) is 0 Å². The lowest BCUT2D eigenvalue weighted by molar-refractivity contribution is -0.116. The molecule has 4 nitrogen and oxygen atoms in total. The van der Waals surface area contributed by atoms with Crippen LogP contribution in [0.4, 0.5) is 5.00 Å². The lowest BCUT2D eigenvalue weighted by Crippen LogP contribution is -2.22. The van der Waals surface area contributed by atoms with Crippen molar-refractivity contribution < 1.29 is 4.79 Å². The Labute approximate surface area is 150 Å². The molecule has 1 amide bonds. The summed E-state index contributed by atoms with van der Waals surface area (Å²) in [5, 5.41) is 17.0. The third kappa shape index (κ3) is 3.62. The van der Waals surface area contributed by atoms with Crippen LogP contribution < -0.4 is 10.6 Å². The smallest absolute Gasteiger partial charge is 0.225 e. The van der Waals surface area contributed by atoms with Crippen molar-refractivity contribution in [3.05, 3.63) is 50.9 Å². The van der Waals surface area contributed by atoms with Crippen molar-refractivity contribution in [1.82, 2.24) is 5.32 Å². The lowest BCUT2D eigenvalue weighted by atomic mass is 9.97. The first kappa shape index (κ1) is 17.0. The molecule has 1 atom stereocenters. The summed E-state index contributed by atoms with van der Waals surface area (Å²) in [7, 11) is 0. The molecule has 0 bridgehead atoms. The van der Waals surface area contributed by atoms with Crippen molar-refractivity contribution in [3.63, 3.8) is 0 Å². The molecule has 1 aromatic carbocycles. The number of nitrogens with zero attached hydrogens (tertiary/aromatic N) is 1. The van der Waals surface area contributed by atoms with Crippen molar-refractivity contribution in [2.45, 2.75) is 32.2 Å². The van der Waals surface area contributed by atoms with Crippen LogP contribution in [0.15, 0.2) is 24.3 Å². The van der Waals surface area contributed by atoms with Gasteiger partial charge in [0.15, 0.2) is 0 Å². The summed E-state index contributed by atoms with van der Waals surface area (Å²) in [6.45, 7) is 3.64. The van der Waals surface area contributed by atoms with E-state index in [-0.39, 0.29) is 11.8 Å². The molecule has 2 aromatic rings. The summed E-state index contributed by atoms with van der Waals surface area (Å²) < 4.78 is 0. The molecular formula is C18H18ClN3OS. The Kier molecular flexibility index (Phi) is 5.20. The van der Waals surface area contributed by atoms with Crippen LogP contribution in [0, 0.1) is 11.3 Å². The lowest BCUT2D eigenvalue weighted by Gasteiger charge is -2.12. The standard InChI is InChI=1S/C18H18ClN3OS/c1-11(12-3-2-4-13(19)8-12)7-17(23)22-18-15(9-20)14-5-6-21-10-16(14)24-18/h2-4,8,11,21H,5-7,10H2,1H3,(H,22,23). The maximum Gasteiger partial charge on any atom is 0.225 e. The second kappa shape index (κ2) is 7.35. The van der Waals surface area contributed by atoms with E-state index in [1.165, 1.54) is 11.3 Å². The first-order valence-corrected chi connectivity index (χ1v) is 9.08. The van der Waals surface area contributed by atoms with Gasteiger partial charge in [-0.1, -0.05) is 30.7 Å². The Bertz CT molecular complexity index is 809. The van der Waals surface area contributed by atoms with Gasteiger partial charge in [-0.05, 0) is 42.1 Å². The molecular weight excluding hydrogens is 342 g/mol. The minimum Gasteiger partial charge on any atom is -0.317 e. The molecule has 1 aromatic heterocycles. The van der Waals surface area contributed by atoms with Crippen LogP contribution in [-0.4, -0.2) is 12.5 Å². The SMILES string of the molecule is CC(CC(=O)Nc1sc2c(c1C#N)CCNC2)c1cccc(Cl)c1. The monoisotopic (exact) mass is 359 g/mol. The first-order chi connectivity index (χ1) is 11.6. The number of nitriles is 1. The van der Waals surface area contributed by atoms with E-state index in [2.05, 4.69) is 16.7 Å². The number of benzene rings is 1. The van der Waals surface area contributed by atoms with Crippen molar-refractivity contribution >= 4 is 33.8 Å². The Hall–Kier alpha value is -1.87. The Morgan fingerprint density at radius 2 is 2.38 bits per heavy atom. The fourth-order valence-corrected chi connectivity index (χ4v) is 4.31. The summed E-state index contributed by atoms with van der Waals surface area (Å²) in [4.78, 5) is 13.5. The molecule has 0 saturated carbocycles. The first-order valence-electron chi connectivity index (χ1n) is 7.89. The number of thiophene rings is 1. The Morgan fingerprint density at radius 3 is 3.12 bits per heavy atom. The van der Waals surface area contributed by atoms with Crippen LogP contribution in [0.1, 0.15) is 40.8 Å².